The summed E-state index contributed by atoms with van der Waals surface area (Å²) in [7, 11) is -4.34. The smallest absolute Gasteiger partial charge is 0.246 e. The predicted octanol–water partition coefficient (Wildman–Crippen LogP) is 3.63. The van der Waals surface area contributed by atoms with Crippen molar-refractivity contribution in [1.82, 2.24) is 9.71 Å². The second-order valence-electron chi connectivity index (χ2n) is 5.29. The van der Waals surface area contributed by atoms with Crippen molar-refractivity contribution in [3.8, 4) is 11.6 Å². The fraction of sp³-hybridized carbons (Fsp3) is 0.0556. The first kappa shape index (κ1) is 18.0. The Hall–Kier alpha value is -2.84. The van der Waals surface area contributed by atoms with Gasteiger partial charge in [0.2, 0.25) is 15.9 Å². The second kappa shape index (κ2) is 7.59. The Kier molecular flexibility index (Phi) is 5.24. The molecule has 26 heavy (non-hydrogen) atoms. The molecule has 1 N–H and O–H groups in total. The third-order valence-electron chi connectivity index (χ3n) is 3.41. The highest BCUT2D eigenvalue weighted by Crippen LogP contribution is 2.21. The van der Waals surface area contributed by atoms with Crippen LogP contribution in [-0.2, 0) is 16.6 Å². The van der Waals surface area contributed by atoms with Gasteiger partial charge in [-0.3, -0.25) is 0 Å². The van der Waals surface area contributed by atoms with Gasteiger partial charge < -0.3 is 4.74 Å². The highest BCUT2D eigenvalue weighted by Gasteiger charge is 2.23. The number of hydrogen-bond acceptors (Lipinski definition) is 4. The van der Waals surface area contributed by atoms with E-state index in [1.165, 1.54) is 0 Å². The maximum absolute atomic E-state index is 13.7. The standard InChI is InChI=1S/C18H14F2N2O3S/c19-15-7-4-8-16(20)18(15)26(23,24)22-12-13-5-3-6-14(11-13)25-17-9-1-2-10-21-17/h1-11,22H,12H2. The number of nitrogens with one attached hydrogen (secondary N) is 1. The zero-order chi connectivity index (χ0) is 18.6. The van der Waals surface area contributed by atoms with Crippen LogP contribution < -0.4 is 9.46 Å². The number of pyridine rings is 1. The molecule has 0 aliphatic carbocycles. The first-order valence-corrected chi connectivity index (χ1v) is 9.05. The Balaban J connectivity index is 1.75. The van der Waals surface area contributed by atoms with Gasteiger partial charge >= 0.3 is 0 Å². The SMILES string of the molecule is O=S(=O)(NCc1cccc(Oc2ccccn2)c1)c1c(F)cccc1F. The summed E-state index contributed by atoms with van der Waals surface area (Å²) in [6, 6.07) is 14.7. The van der Waals surface area contributed by atoms with Crippen LogP contribution in [0.3, 0.4) is 0 Å². The topological polar surface area (TPSA) is 68.3 Å². The van der Waals surface area contributed by atoms with E-state index < -0.39 is 26.6 Å². The van der Waals surface area contributed by atoms with E-state index in [1.807, 2.05) is 0 Å². The molecule has 0 aliphatic rings. The molecular formula is C18H14F2N2O3S. The van der Waals surface area contributed by atoms with E-state index in [0.29, 0.717) is 17.2 Å². The van der Waals surface area contributed by atoms with Crippen molar-refractivity contribution >= 4 is 10.0 Å². The molecule has 0 aliphatic heterocycles. The van der Waals surface area contributed by atoms with Crippen LogP contribution in [0, 0.1) is 11.6 Å². The van der Waals surface area contributed by atoms with Crippen molar-refractivity contribution in [1.29, 1.82) is 0 Å². The molecule has 0 atom stereocenters. The fourth-order valence-corrected chi connectivity index (χ4v) is 3.39. The molecule has 2 aromatic carbocycles. The Morgan fingerprint density at radius 2 is 1.69 bits per heavy atom. The number of sulfonamides is 1. The molecular weight excluding hydrogens is 362 g/mol. The maximum Gasteiger partial charge on any atom is 0.246 e. The molecule has 0 fully saturated rings. The van der Waals surface area contributed by atoms with E-state index in [4.69, 9.17) is 4.74 Å². The number of ether oxygens (including phenoxy) is 1. The van der Waals surface area contributed by atoms with Gasteiger partial charge in [-0.15, -0.1) is 0 Å². The van der Waals surface area contributed by atoms with E-state index in [1.54, 1.807) is 48.7 Å². The molecule has 0 radical (unpaired) electrons. The number of aromatic nitrogens is 1. The monoisotopic (exact) mass is 376 g/mol. The second-order valence-corrected chi connectivity index (χ2v) is 7.00. The van der Waals surface area contributed by atoms with E-state index in [0.717, 1.165) is 18.2 Å². The number of rotatable bonds is 6. The molecule has 0 amide bonds. The molecule has 0 saturated carbocycles. The zero-order valence-electron chi connectivity index (χ0n) is 13.4. The summed E-state index contributed by atoms with van der Waals surface area (Å²) >= 11 is 0. The number of nitrogens with zero attached hydrogens (tertiary/aromatic N) is 1. The van der Waals surface area contributed by atoms with Gasteiger partial charge in [-0.1, -0.05) is 24.3 Å². The van der Waals surface area contributed by atoms with Crippen molar-refractivity contribution in [2.45, 2.75) is 11.4 Å². The highest BCUT2D eigenvalue weighted by molar-refractivity contribution is 7.89. The molecule has 1 heterocycles. The molecule has 8 heteroatoms. The summed E-state index contributed by atoms with van der Waals surface area (Å²) in [6.45, 7) is -0.157. The van der Waals surface area contributed by atoms with Gasteiger partial charge in [0.05, 0.1) is 0 Å². The molecule has 0 unspecified atom stereocenters. The number of benzene rings is 2. The lowest BCUT2D eigenvalue weighted by molar-refractivity contribution is 0.462. The molecule has 5 nitrogen and oxygen atoms in total. The van der Waals surface area contributed by atoms with Gasteiger partial charge in [0.15, 0.2) is 4.90 Å². The number of halogens is 2. The lowest BCUT2D eigenvalue weighted by atomic mass is 10.2. The third kappa shape index (κ3) is 4.22. The maximum atomic E-state index is 13.7. The highest BCUT2D eigenvalue weighted by atomic mass is 32.2. The van der Waals surface area contributed by atoms with Crippen LogP contribution in [0.2, 0.25) is 0 Å². The van der Waals surface area contributed by atoms with Crippen LogP contribution in [0.15, 0.2) is 71.8 Å². The predicted molar refractivity (Wildman–Crippen MR) is 91.1 cm³/mol. The first-order chi connectivity index (χ1) is 12.5. The minimum absolute atomic E-state index is 0.157. The van der Waals surface area contributed by atoms with Gasteiger partial charge in [0.1, 0.15) is 17.4 Å². The van der Waals surface area contributed by atoms with Gasteiger partial charge in [-0.05, 0) is 35.9 Å². The van der Waals surface area contributed by atoms with Crippen LogP contribution >= 0.6 is 0 Å². The van der Waals surface area contributed by atoms with Gasteiger partial charge in [0, 0.05) is 18.8 Å². The largest absolute Gasteiger partial charge is 0.439 e. The molecule has 3 rings (SSSR count). The van der Waals surface area contributed by atoms with Gasteiger partial charge in [-0.25, -0.2) is 26.9 Å². The van der Waals surface area contributed by atoms with E-state index in [-0.39, 0.29) is 6.54 Å². The Morgan fingerprint density at radius 1 is 0.962 bits per heavy atom. The summed E-state index contributed by atoms with van der Waals surface area (Å²) in [5.74, 6) is -1.45. The van der Waals surface area contributed by atoms with Crippen molar-refractivity contribution < 1.29 is 21.9 Å². The van der Waals surface area contributed by atoms with Crippen LogP contribution in [-0.4, -0.2) is 13.4 Å². The molecule has 134 valence electrons. The van der Waals surface area contributed by atoms with Crippen molar-refractivity contribution in [2.75, 3.05) is 0 Å². The van der Waals surface area contributed by atoms with Crippen LogP contribution in [0.4, 0.5) is 8.78 Å². The summed E-state index contributed by atoms with van der Waals surface area (Å²) in [4.78, 5) is 3.03. The number of hydrogen-bond donors (Lipinski definition) is 1. The fourth-order valence-electron chi connectivity index (χ4n) is 2.24. The quantitative estimate of drug-likeness (QED) is 0.713. The van der Waals surface area contributed by atoms with Gasteiger partial charge in [-0.2, -0.15) is 0 Å². The van der Waals surface area contributed by atoms with E-state index in [9.17, 15) is 17.2 Å². The lowest BCUT2D eigenvalue weighted by Crippen LogP contribution is -2.25. The molecule has 3 aromatic rings. The lowest BCUT2D eigenvalue weighted by Gasteiger charge is -2.10. The average Bonchev–Trinajstić information content (AvgIpc) is 2.61. The first-order valence-electron chi connectivity index (χ1n) is 7.57. The van der Waals surface area contributed by atoms with Crippen LogP contribution in [0.1, 0.15) is 5.56 Å². The minimum Gasteiger partial charge on any atom is -0.439 e. The summed E-state index contributed by atoms with van der Waals surface area (Å²) in [6.07, 6.45) is 1.58. The van der Waals surface area contributed by atoms with E-state index in [2.05, 4.69) is 9.71 Å². The van der Waals surface area contributed by atoms with Crippen LogP contribution in [0.5, 0.6) is 11.6 Å². The summed E-state index contributed by atoms with van der Waals surface area (Å²) in [5.41, 5.74) is 0.554. The van der Waals surface area contributed by atoms with Crippen molar-refractivity contribution in [2.24, 2.45) is 0 Å². The van der Waals surface area contributed by atoms with Gasteiger partial charge in [0.25, 0.3) is 0 Å². The summed E-state index contributed by atoms with van der Waals surface area (Å²) in [5, 5.41) is 0. The Labute approximate surface area is 149 Å². The average molecular weight is 376 g/mol. The normalized spacial score (nSPS) is 11.3. The minimum atomic E-state index is -4.34. The van der Waals surface area contributed by atoms with E-state index >= 15 is 0 Å². The zero-order valence-corrected chi connectivity index (χ0v) is 14.2. The third-order valence-corrected chi connectivity index (χ3v) is 4.86. The molecule has 1 aromatic heterocycles. The van der Waals surface area contributed by atoms with Crippen molar-refractivity contribution in [3.63, 3.8) is 0 Å². The van der Waals surface area contributed by atoms with Crippen molar-refractivity contribution in [3.05, 3.63) is 84.1 Å². The molecule has 0 saturated heterocycles. The summed E-state index contributed by atoms with van der Waals surface area (Å²) < 4.78 is 59.5. The molecule has 0 spiro atoms. The Bertz CT molecular complexity index is 992. The molecule has 0 bridgehead atoms. The van der Waals surface area contributed by atoms with Crippen LogP contribution in [0.25, 0.3) is 0 Å². The Morgan fingerprint density at radius 3 is 2.38 bits per heavy atom.